The predicted molar refractivity (Wildman–Crippen MR) is 85.4 cm³/mol. The molecule has 4 nitrogen and oxygen atoms in total. The lowest BCUT2D eigenvalue weighted by Crippen LogP contribution is -2.16. The average molecular weight is 290 g/mol. The second-order valence-electron chi connectivity index (χ2n) is 5.80. The normalized spacial score (nSPS) is 16.2. The summed E-state index contributed by atoms with van der Waals surface area (Å²) in [4.78, 5) is 10.8. The van der Waals surface area contributed by atoms with Crippen molar-refractivity contribution in [2.45, 2.75) is 44.9 Å². The van der Waals surface area contributed by atoms with Gasteiger partial charge in [0.2, 0.25) is 5.91 Å². The first-order chi connectivity index (χ1) is 10.3. The Labute approximate surface area is 127 Å². The number of hydrogen-bond acceptors (Lipinski definition) is 3. The Morgan fingerprint density at radius 1 is 1.19 bits per heavy atom. The lowest BCUT2D eigenvalue weighted by Gasteiger charge is -2.18. The predicted octanol–water partition coefficient (Wildman–Crippen LogP) is 3.32. The molecule has 4 heteroatoms. The lowest BCUT2D eigenvalue weighted by atomic mass is 10.0. The van der Waals surface area contributed by atoms with E-state index in [1.54, 1.807) is 0 Å². The van der Waals surface area contributed by atoms with E-state index in [0.717, 1.165) is 23.9 Å². The molecular formula is C17H26N2O2. The highest BCUT2D eigenvalue weighted by atomic mass is 16.5. The number of rotatable bonds is 7. The van der Waals surface area contributed by atoms with E-state index in [4.69, 9.17) is 10.5 Å². The minimum atomic E-state index is -0.334. The Kier molecular flexibility index (Phi) is 6.38. The van der Waals surface area contributed by atoms with Crippen molar-refractivity contribution in [3.63, 3.8) is 0 Å². The largest absolute Gasteiger partial charge is 0.491 e. The van der Waals surface area contributed by atoms with Crippen molar-refractivity contribution in [3.05, 3.63) is 24.3 Å². The maximum Gasteiger partial charge on any atom is 0.220 e. The van der Waals surface area contributed by atoms with E-state index in [1.165, 1.54) is 38.5 Å². The number of hydrogen-bond donors (Lipinski definition) is 2. The van der Waals surface area contributed by atoms with Gasteiger partial charge in [-0.25, -0.2) is 0 Å². The number of ether oxygens (including phenoxy) is 1. The lowest BCUT2D eigenvalue weighted by molar-refractivity contribution is -0.118. The summed E-state index contributed by atoms with van der Waals surface area (Å²) in [6.45, 7) is 1.33. The zero-order chi connectivity index (χ0) is 14.9. The van der Waals surface area contributed by atoms with E-state index < -0.39 is 0 Å². The minimum Gasteiger partial charge on any atom is -0.491 e. The molecule has 0 bridgehead atoms. The number of anilines is 1. The summed E-state index contributed by atoms with van der Waals surface area (Å²) in [5.41, 5.74) is 6.14. The molecule has 0 atom stereocenters. The van der Waals surface area contributed by atoms with Gasteiger partial charge < -0.3 is 15.8 Å². The standard InChI is InChI=1S/C17H26N2O2/c18-17(20)11-12-21-16-10-6-5-9-15(16)19-13-14-7-3-1-2-4-8-14/h5-6,9-10,14,19H,1-4,7-8,11-13H2,(H2,18,20). The highest BCUT2D eigenvalue weighted by Crippen LogP contribution is 2.27. The van der Waals surface area contributed by atoms with Crippen LogP contribution >= 0.6 is 0 Å². The van der Waals surface area contributed by atoms with Crippen molar-refractivity contribution in [2.24, 2.45) is 11.7 Å². The Morgan fingerprint density at radius 2 is 1.90 bits per heavy atom. The van der Waals surface area contributed by atoms with Crippen LogP contribution in [0.3, 0.4) is 0 Å². The summed E-state index contributed by atoms with van der Waals surface area (Å²) in [5, 5.41) is 3.51. The first-order valence-corrected chi connectivity index (χ1v) is 7.99. The first-order valence-electron chi connectivity index (χ1n) is 7.99. The highest BCUT2D eigenvalue weighted by Gasteiger charge is 2.12. The van der Waals surface area contributed by atoms with Crippen molar-refractivity contribution < 1.29 is 9.53 Å². The topological polar surface area (TPSA) is 64.4 Å². The van der Waals surface area contributed by atoms with E-state index in [9.17, 15) is 4.79 Å². The quantitative estimate of drug-likeness (QED) is 0.757. The number of carbonyl (C=O) groups excluding carboxylic acids is 1. The first kappa shape index (κ1) is 15.7. The molecule has 1 saturated carbocycles. The molecule has 2 rings (SSSR count). The van der Waals surface area contributed by atoms with Crippen LogP contribution in [0.2, 0.25) is 0 Å². The van der Waals surface area contributed by atoms with Gasteiger partial charge in [-0.3, -0.25) is 4.79 Å². The SMILES string of the molecule is NC(=O)CCOc1ccccc1NCC1CCCCCC1. The number of benzene rings is 1. The molecule has 0 unspecified atom stereocenters. The third kappa shape index (κ3) is 5.66. The number of carbonyl (C=O) groups is 1. The second kappa shape index (κ2) is 8.55. The summed E-state index contributed by atoms with van der Waals surface area (Å²) in [6, 6.07) is 7.89. The molecule has 0 spiro atoms. The van der Waals surface area contributed by atoms with Crippen LogP contribution in [0.25, 0.3) is 0 Å². The van der Waals surface area contributed by atoms with Crippen LogP contribution in [0.5, 0.6) is 5.75 Å². The van der Waals surface area contributed by atoms with Gasteiger partial charge >= 0.3 is 0 Å². The van der Waals surface area contributed by atoms with Gasteiger partial charge in [0.1, 0.15) is 5.75 Å². The molecule has 0 saturated heterocycles. The van der Waals surface area contributed by atoms with Crippen LogP contribution in [-0.2, 0) is 4.79 Å². The number of primary amides is 1. The van der Waals surface area contributed by atoms with Gasteiger partial charge in [-0.05, 0) is 30.9 Å². The van der Waals surface area contributed by atoms with Gasteiger partial charge in [-0.15, -0.1) is 0 Å². The van der Waals surface area contributed by atoms with Crippen molar-refractivity contribution >= 4 is 11.6 Å². The van der Waals surface area contributed by atoms with Crippen LogP contribution < -0.4 is 15.8 Å². The fourth-order valence-electron chi connectivity index (χ4n) is 2.82. The zero-order valence-electron chi connectivity index (χ0n) is 12.6. The third-order valence-electron chi connectivity index (χ3n) is 4.05. The van der Waals surface area contributed by atoms with E-state index in [0.29, 0.717) is 6.61 Å². The fraction of sp³-hybridized carbons (Fsp3) is 0.588. The molecule has 0 radical (unpaired) electrons. The molecule has 0 aromatic heterocycles. The number of para-hydroxylation sites is 2. The van der Waals surface area contributed by atoms with Crippen LogP contribution in [-0.4, -0.2) is 19.1 Å². The average Bonchev–Trinajstić information content (AvgIpc) is 2.74. The number of nitrogens with one attached hydrogen (secondary N) is 1. The molecule has 21 heavy (non-hydrogen) atoms. The molecule has 116 valence electrons. The summed E-state index contributed by atoms with van der Waals surface area (Å²) >= 11 is 0. The van der Waals surface area contributed by atoms with Crippen molar-refractivity contribution in [1.82, 2.24) is 0 Å². The van der Waals surface area contributed by atoms with Gasteiger partial charge in [-0.2, -0.15) is 0 Å². The molecule has 1 aliphatic carbocycles. The van der Waals surface area contributed by atoms with Gasteiger partial charge in [0, 0.05) is 6.54 Å². The van der Waals surface area contributed by atoms with Crippen LogP contribution in [0.15, 0.2) is 24.3 Å². The van der Waals surface area contributed by atoms with Crippen LogP contribution in [0.1, 0.15) is 44.9 Å². The Balaban J connectivity index is 1.85. The zero-order valence-corrected chi connectivity index (χ0v) is 12.6. The number of amides is 1. The third-order valence-corrected chi connectivity index (χ3v) is 4.05. The summed E-state index contributed by atoms with van der Waals surface area (Å²) in [6.07, 6.45) is 8.34. The van der Waals surface area contributed by atoms with Crippen LogP contribution in [0, 0.1) is 5.92 Å². The maximum atomic E-state index is 10.8. The molecule has 1 aromatic carbocycles. The van der Waals surface area contributed by atoms with E-state index >= 15 is 0 Å². The second-order valence-corrected chi connectivity index (χ2v) is 5.80. The summed E-state index contributed by atoms with van der Waals surface area (Å²) in [7, 11) is 0. The van der Waals surface area contributed by atoms with Crippen molar-refractivity contribution in [2.75, 3.05) is 18.5 Å². The Morgan fingerprint density at radius 3 is 2.62 bits per heavy atom. The van der Waals surface area contributed by atoms with Crippen LogP contribution in [0.4, 0.5) is 5.69 Å². The van der Waals surface area contributed by atoms with E-state index in [2.05, 4.69) is 5.32 Å². The monoisotopic (exact) mass is 290 g/mol. The van der Waals surface area contributed by atoms with Crippen molar-refractivity contribution in [1.29, 1.82) is 0 Å². The summed E-state index contributed by atoms with van der Waals surface area (Å²) < 4.78 is 5.65. The van der Waals surface area contributed by atoms with Gasteiger partial charge in [0.25, 0.3) is 0 Å². The van der Waals surface area contributed by atoms with Gasteiger partial charge in [0.15, 0.2) is 0 Å². The molecular weight excluding hydrogens is 264 g/mol. The Bertz CT molecular complexity index is 440. The smallest absolute Gasteiger partial charge is 0.220 e. The maximum absolute atomic E-state index is 10.8. The molecule has 1 aliphatic rings. The van der Waals surface area contributed by atoms with E-state index in [1.807, 2.05) is 24.3 Å². The summed E-state index contributed by atoms with van der Waals surface area (Å²) in [5.74, 6) is 1.22. The molecule has 1 fully saturated rings. The van der Waals surface area contributed by atoms with Gasteiger partial charge in [-0.1, -0.05) is 37.8 Å². The molecule has 3 N–H and O–H groups in total. The molecule has 0 heterocycles. The van der Waals surface area contributed by atoms with Crippen molar-refractivity contribution in [3.8, 4) is 5.75 Å². The molecule has 0 aliphatic heterocycles. The highest BCUT2D eigenvalue weighted by molar-refractivity contribution is 5.73. The van der Waals surface area contributed by atoms with E-state index in [-0.39, 0.29) is 12.3 Å². The molecule has 1 aromatic rings. The number of nitrogens with two attached hydrogens (primary N) is 1. The minimum absolute atomic E-state index is 0.247. The molecule has 1 amide bonds. The fourth-order valence-corrected chi connectivity index (χ4v) is 2.82. The van der Waals surface area contributed by atoms with Gasteiger partial charge in [0.05, 0.1) is 18.7 Å². The Hall–Kier alpha value is -1.71.